The van der Waals surface area contributed by atoms with Crippen LogP contribution in [-0.2, 0) is 6.54 Å². The fourth-order valence-corrected chi connectivity index (χ4v) is 4.22. The predicted molar refractivity (Wildman–Crippen MR) is 124 cm³/mol. The maximum absolute atomic E-state index is 13.6. The highest BCUT2D eigenvalue weighted by Crippen LogP contribution is 2.32. The standard InChI is InChI=1S/C25H31FN4O2/c1-17(2)16-30-23-14-22(25(31)29(4)20-9-11-28(3)12-10-20)24(13-18(23)15-27-30)32-21-7-5-19(26)6-8-21/h5-8,13-15,17,20H,9-12,16H2,1-4H3. The quantitative estimate of drug-likeness (QED) is 0.555. The van der Waals surface area contributed by atoms with Gasteiger partial charge < -0.3 is 14.5 Å². The monoisotopic (exact) mass is 438 g/mol. The van der Waals surface area contributed by atoms with Crippen molar-refractivity contribution in [3.63, 3.8) is 0 Å². The third-order valence-electron chi connectivity index (χ3n) is 6.11. The molecule has 1 aliphatic heterocycles. The normalized spacial score (nSPS) is 15.4. The van der Waals surface area contributed by atoms with Gasteiger partial charge in [0.1, 0.15) is 17.3 Å². The smallest absolute Gasteiger partial charge is 0.257 e. The summed E-state index contributed by atoms with van der Waals surface area (Å²) in [6, 6.07) is 9.76. The van der Waals surface area contributed by atoms with Crippen molar-refractivity contribution in [2.75, 3.05) is 27.2 Å². The molecule has 1 fully saturated rings. The maximum Gasteiger partial charge on any atom is 0.257 e. The molecule has 0 spiro atoms. The van der Waals surface area contributed by atoms with Crippen LogP contribution in [0.1, 0.15) is 37.0 Å². The first-order valence-corrected chi connectivity index (χ1v) is 11.2. The van der Waals surface area contributed by atoms with Gasteiger partial charge in [0.2, 0.25) is 0 Å². The van der Waals surface area contributed by atoms with Crippen molar-refractivity contribution in [2.24, 2.45) is 5.92 Å². The number of amides is 1. The average molecular weight is 439 g/mol. The molecule has 2 heterocycles. The fraction of sp³-hybridized carbons (Fsp3) is 0.440. The first kappa shape index (κ1) is 22.3. The molecule has 0 N–H and O–H groups in total. The van der Waals surface area contributed by atoms with Gasteiger partial charge in [-0.1, -0.05) is 13.8 Å². The van der Waals surface area contributed by atoms with Crippen molar-refractivity contribution in [2.45, 2.75) is 39.3 Å². The van der Waals surface area contributed by atoms with E-state index in [9.17, 15) is 9.18 Å². The van der Waals surface area contributed by atoms with E-state index >= 15 is 0 Å². The predicted octanol–water partition coefficient (Wildman–Crippen LogP) is 4.79. The molecule has 0 atom stereocenters. The van der Waals surface area contributed by atoms with Gasteiger partial charge in [-0.15, -0.1) is 0 Å². The van der Waals surface area contributed by atoms with Crippen LogP contribution in [0.3, 0.4) is 0 Å². The highest BCUT2D eigenvalue weighted by Gasteiger charge is 2.27. The van der Waals surface area contributed by atoms with E-state index in [1.165, 1.54) is 12.1 Å². The van der Waals surface area contributed by atoms with Gasteiger partial charge in [0.15, 0.2) is 0 Å². The molecule has 0 bridgehead atoms. The lowest BCUT2D eigenvalue weighted by molar-refractivity contribution is 0.0657. The summed E-state index contributed by atoms with van der Waals surface area (Å²) in [5, 5.41) is 5.42. The minimum Gasteiger partial charge on any atom is -0.457 e. The Morgan fingerprint density at radius 2 is 1.91 bits per heavy atom. The highest BCUT2D eigenvalue weighted by atomic mass is 19.1. The molecule has 32 heavy (non-hydrogen) atoms. The zero-order chi connectivity index (χ0) is 22.8. The fourth-order valence-electron chi connectivity index (χ4n) is 4.22. The topological polar surface area (TPSA) is 50.6 Å². The van der Waals surface area contributed by atoms with Gasteiger partial charge >= 0.3 is 0 Å². The molecule has 6 nitrogen and oxygen atoms in total. The number of halogens is 1. The van der Waals surface area contributed by atoms with Crippen molar-refractivity contribution in [3.8, 4) is 11.5 Å². The molecule has 3 aromatic rings. The lowest BCUT2D eigenvalue weighted by Crippen LogP contribution is -2.44. The Morgan fingerprint density at radius 1 is 1.22 bits per heavy atom. The number of hydrogen-bond acceptors (Lipinski definition) is 4. The molecule has 0 aliphatic carbocycles. The molecule has 4 rings (SSSR count). The Labute approximate surface area is 188 Å². The Kier molecular flexibility index (Phi) is 6.46. The SMILES string of the molecule is CC(C)Cn1ncc2cc(Oc3ccc(F)cc3)c(C(=O)N(C)C3CCN(C)CC3)cc21. The largest absolute Gasteiger partial charge is 0.457 e. The number of piperidine rings is 1. The molecule has 2 aromatic carbocycles. The Morgan fingerprint density at radius 3 is 2.56 bits per heavy atom. The van der Waals surface area contributed by atoms with Crippen LogP contribution in [0.15, 0.2) is 42.6 Å². The molecule has 1 aromatic heterocycles. The van der Waals surface area contributed by atoms with Gasteiger partial charge in [0.25, 0.3) is 5.91 Å². The Balaban J connectivity index is 1.72. The number of carbonyl (C=O) groups excluding carboxylic acids is 1. The van der Waals surface area contributed by atoms with Gasteiger partial charge in [-0.2, -0.15) is 5.10 Å². The zero-order valence-electron chi connectivity index (χ0n) is 19.2. The number of rotatable bonds is 6. The third kappa shape index (κ3) is 4.78. The second-order valence-corrected chi connectivity index (χ2v) is 9.13. The number of fused-ring (bicyclic) bond motifs is 1. The van der Waals surface area contributed by atoms with Crippen LogP contribution < -0.4 is 4.74 Å². The van der Waals surface area contributed by atoms with E-state index in [0.29, 0.717) is 23.0 Å². The first-order valence-electron chi connectivity index (χ1n) is 11.2. The van der Waals surface area contributed by atoms with Crippen molar-refractivity contribution < 1.29 is 13.9 Å². The minimum absolute atomic E-state index is 0.0733. The maximum atomic E-state index is 13.6. The first-order chi connectivity index (χ1) is 15.3. The van der Waals surface area contributed by atoms with Crippen molar-refractivity contribution in [1.82, 2.24) is 19.6 Å². The summed E-state index contributed by atoms with van der Waals surface area (Å²) in [4.78, 5) is 17.8. The van der Waals surface area contributed by atoms with Crippen LogP contribution in [0, 0.1) is 11.7 Å². The molecule has 170 valence electrons. The van der Waals surface area contributed by atoms with Crippen molar-refractivity contribution in [3.05, 3.63) is 54.0 Å². The zero-order valence-corrected chi connectivity index (χ0v) is 19.2. The number of likely N-dealkylation sites (tertiary alicyclic amines) is 1. The summed E-state index contributed by atoms with van der Waals surface area (Å²) in [5.74, 6) is 0.959. The summed E-state index contributed by atoms with van der Waals surface area (Å²) < 4.78 is 21.4. The molecule has 0 saturated carbocycles. The van der Waals surface area contributed by atoms with E-state index in [0.717, 1.165) is 43.4 Å². The Hall–Kier alpha value is -2.93. The van der Waals surface area contributed by atoms with Gasteiger partial charge in [0, 0.05) is 25.0 Å². The number of nitrogens with zero attached hydrogens (tertiary/aromatic N) is 4. The van der Waals surface area contributed by atoms with Gasteiger partial charge in [-0.3, -0.25) is 9.48 Å². The summed E-state index contributed by atoms with van der Waals surface area (Å²) >= 11 is 0. The van der Waals surface area contributed by atoms with E-state index in [1.54, 1.807) is 18.3 Å². The van der Waals surface area contributed by atoms with Crippen LogP contribution in [0.5, 0.6) is 11.5 Å². The summed E-state index contributed by atoms with van der Waals surface area (Å²) in [7, 11) is 3.98. The minimum atomic E-state index is -0.332. The van der Waals surface area contributed by atoms with Crippen LogP contribution >= 0.6 is 0 Å². The van der Waals surface area contributed by atoms with E-state index < -0.39 is 0 Å². The van der Waals surface area contributed by atoms with E-state index in [4.69, 9.17) is 4.74 Å². The molecule has 1 saturated heterocycles. The molecular formula is C25H31FN4O2. The average Bonchev–Trinajstić information content (AvgIpc) is 3.15. The van der Waals surface area contributed by atoms with Gasteiger partial charge in [-0.25, -0.2) is 4.39 Å². The summed E-state index contributed by atoms with van der Waals surface area (Å²) in [5.41, 5.74) is 1.40. The van der Waals surface area contributed by atoms with Gasteiger partial charge in [0.05, 0.1) is 17.3 Å². The lowest BCUT2D eigenvalue weighted by Gasteiger charge is -2.35. The van der Waals surface area contributed by atoms with Crippen LogP contribution in [0.25, 0.3) is 10.9 Å². The molecule has 7 heteroatoms. The molecule has 0 unspecified atom stereocenters. The van der Waals surface area contributed by atoms with Gasteiger partial charge in [-0.05, 0) is 75.3 Å². The third-order valence-corrected chi connectivity index (χ3v) is 6.11. The second-order valence-electron chi connectivity index (χ2n) is 9.13. The van der Waals surface area contributed by atoms with E-state index in [2.05, 4.69) is 30.9 Å². The second kappa shape index (κ2) is 9.28. The van der Waals surface area contributed by atoms with E-state index in [-0.39, 0.29) is 17.8 Å². The number of benzene rings is 2. The molecule has 0 radical (unpaired) electrons. The number of ether oxygens (including phenoxy) is 1. The van der Waals surface area contributed by atoms with Crippen LogP contribution in [0.2, 0.25) is 0 Å². The highest BCUT2D eigenvalue weighted by molar-refractivity contribution is 6.01. The number of carbonyl (C=O) groups is 1. The van der Waals surface area contributed by atoms with Crippen molar-refractivity contribution >= 4 is 16.8 Å². The van der Waals surface area contributed by atoms with Crippen LogP contribution in [0.4, 0.5) is 4.39 Å². The Bertz CT molecular complexity index is 1090. The molecule has 1 aliphatic rings. The number of hydrogen-bond donors (Lipinski definition) is 0. The summed E-state index contributed by atoms with van der Waals surface area (Å²) in [6.45, 7) is 6.99. The van der Waals surface area contributed by atoms with Crippen molar-refractivity contribution in [1.29, 1.82) is 0 Å². The molecule has 1 amide bonds. The summed E-state index contributed by atoms with van der Waals surface area (Å²) in [6.07, 6.45) is 3.69. The molecular weight excluding hydrogens is 407 g/mol. The van der Waals surface area contributed by atoms with Crippen LogP contribution in [-0.4, -0.2) is 58.7 Å². The number of aromatic nitrogens is 2. The van der Waals surface area contributed by atoms with E-state index in [1.807, 2.05) is 28.8 Å². The lowest BCUT2D eigenvalue weighted by atomic mass is 10.0.